The molecule has 18 heavy (non-hydrogen) atoms. The fraction of sp³-hybridized carbons (Fsp3) is 0.846. The minimum Gasteiger partial charge on any atom is -0.336 e. The second kappa shape index (κ2) is 4.37. The number of hydrogen-bond donors (Lipinski definition) is 1. The fourth-order valence-electron chi connectivity index (χ4n) is 3.46. The molecule has 0 bridgehead atoms. The lowest BCUT2D eigenvalue weighted by Gasteiger charge is -2.33. The summed E-state index contributed by atoms with van der Waals surface area (Å²) in [5.41, 5.74) is 0.206. The summed E-state index contributed by atoms with van der Waals surface area (Å²) in [7, 11) is 0. The first-order valence-corrected chi connectivity index (χ1v) is 7.45. The van der Waals surface area contributed by atoms with Crippen molar-refractivity contribution in [2.75, 3.05) is 11.4 Å². The topological polar surface area (TPSA) is 36.9 Å². The standard InChI is InChI=1S/C13H22N4S/c1-13(2)8-5-9-16(13)11-14-15-12(18)17(11)10-6-3-4-7-10/h10H,3-9H2,1-2H3,(H,15,18). The number of hydrogen-bond acceptors (Lipinski definition) is 3. The van der Waals surface area contributed by atoms with E-state index in [0.29, 0.717) is 6.04 Å². The van der Waals surface area contributed by atoms with Gasteiger partial charge in [-0.3, -0.25) is 4.57 Å². The van der Waals surface area contributed by atoms with Crippen LogP contribution in [-0.2, 0) is 0 Å². The Labute approximate surface area is 113 Å². The number of nitrogens with one attached hydrogen (secondary N) is 1. The smallest absolute Gasteiger partial charge is 0.226 e. The number of nitrogens with zero attached hydrogens (tertiary/aromatic N) is 3. The molecular weight excluding hydrogens is 244 g/mol. The molecule has 2 heterocycles. The van der Waals surface area contributed by atoms with E-state index in [1.807, 2.05) is 0 Å². The lowest BCUT2D eigenvalue weighted by molar-refractivity contribution is 0.469. The van der Waals surface area contributed by atoms with E-state index in [-0.39, 0.29) is 5.54 Å². The van der Waals surface area contributed by atoms with E-state index < -0.39 is 0 Å². The zero-order valence-electron chi connectivity index (χ0n) is 11.3. The summed E-state index contributed by atoms with van der Waals surface area (Å²) in [6.45, 7) is 5.70. The summed E-state index contributed by atoms with van der Waals surface area (Å²) in [5.74, 6) is 1.06. The van der Waals surface area contributed by atoms with Crippen LogP contribution in [0.4, 0.5) is 5.95 Å². The molecule has 0 unspecified atom stereocenters. The quantitative estimate of drug-likeness (QED) is 0.833. The van der Waals surface area contributed by atoms with Gasteiger partial charge >= 0.3 is 0 Å². The van der Waals surface area contributed by atoms with Gasteiger partial charge in [0.1, 0.15) is 0 Å². The van der Waals surface area contributed by atoms with Gasteiger partial charge in [0.2, 0.25) is 5.95 Å². The highest BCUT2D eigenvalue weighted by Crippen LogP contribution is 2.37. The molecule has 2 aliphatic rings. The second-order valence-electron chi connectivity index (χ2n) is 6.20. The molecule has 1 aliphatic heterocycles. The summed E-state index contributed by atoms with van der Waals surface area (Å²) in [6, 6.07) is 0.558. The molecular formula is C13H22N4S. The van der Waals surface area contributed by atoms with Gasteiger partial charge in [0, 0.05) is 18.1 Å². The third-order valence-electron chi connectivity index (χ3n) is 4.52. The molecule has 1 aromatic heterocycles. The van der Waals surface area contributed by atoms with Crippen LogP contribution in [0.1, 0.15) is 58.4 Å². The second-order valence-corrected chi connectivity index (χ2v) is 6.59. The molecule has 5 heteroatoms. The highest BCUT2D eigenvalue weighted by atomic mass is 32.1. The molecule has 3 rings (SSSR count). The minimum absolute atomic E-state index is 0.206. The Bertz CT molecular complexity index is 481. The van der Waals surface area contributed by atoms with Crippen LogP contribution in [0.5, 0.6) is 0 Å². The molecule has 1 N–H and O–H groups in total. The summed E-state index contributed by atoms with van der Waals surface area (Å²) in [5, 5.41) is 7.51. The Kier molecular flexibility index (Phi) is 2.96. The van der Waals surface area contributed by atoms with Crippen molar-refractivity contribution in [3.63, 3.8) is 0 Å². The number of anilines is 1. The molecule has 100 valence electrons. The Hall–Kier alpha value is -0.840. The van der Waals surface area contributed by atoms with Crippen molar-refractivity contribution in [1.82, 2.24) is 14.8 Å². The molecule has 4 nitrogen and oxygen atoms in total. The van der Waals surface area contributed by atoms with Crippen LogP contribution in [0.25, 0.3) is 0 Å². The fourth-order valence-corrected chi connectivity index (χ4v) is 3.73. The van der Waals surface area contributed by atoms with Gasteiger partial charge in [-0.25, -0.2) is 5.10 Å². The molecule has 1 saturated carbocycles. The van der Waals surface area contributed by atoms with Crippen molar-refractivity contribution in [1.29, 1.82) is 0 Å². The maximum absolute atomic E-state index is 5.44. The molecule has 0 radical (unpaired) electrons. The van der Waals surface area contributed by atoms with Crippen molar-refractivity contribution in [3.8, 4) is 0 Å². The molecule has 0 spiro atoms. The molecule has 0 aromatic carbocycles. The average molecular weight is 266 g/mol. The normalized spacial score (nSPS) is 24.0. The summed E-state index contributed by atoms with van der Waals surface area (Å²) >= 11 is 5.44. The van der Waals surface area contributed by atoms with Crippen LogP contribution in [0.2, 0.25) is 0 Å². The van der Waals surface area contributed by atoms with E-state index in [1.54, 1.807) is 0 Å². The van der Waals surface area contributed by atoms with Gasteiger partial charge in [-0.05, 0) is 51.7 Å². The number of aromatic amines is 1. The Morgan fingerprint density at radius 2 is 2.00 bits per heavy atom. The largest absolute Gasteiger partial charge is 0.336 e. The van der Waals surface area contributed by atoms with Crippen LogP contribution in [0.15, 0.2) is 0 Å². The summed E-state index contributed by atoms with van der Waals surface area (Å²) in [4.78, 5) is 2.43. The van der Waals surface area contributed by atoms with Crippen LogP contribution in [0, 0.1) is 4.77 Å². The van der Waals surface area contributed by atoms with Gasteiger partial charge in [-0.2, -0.15) is 0 Å². The highest BCUT2D eigenvalue weighted by Gasteiger charge is 2.36. The van der Waals surface area contributed by atoms with Crippen LogP contribution < -0.4 is 4.90 Å². The molecule has 1 saturated heterocycles. The summed E-state index contributed by atoms with van der Waals surface area (Å²) < 4.78 is 3.06. The number of aromatic nitrogens is 3. The predicted molar refractivity (Wildman–Crippen MR) is 75.6 cm³/mol. The highest BCUT2D eigenvalue weighted by molar-refractivity contribution is 7.71. The van der Waals surface area contributed by atoms with Crippen LogP contribution in [0.3, 0.4) is 0 Å². The molecule has 0 amide bonds. The van der Waals surface area contributed by atoms with Gasteiger partial charge in [0.15, 0.2) is 4.77 Å². The monoisotopic (exact) mass is 266 g/mol. The van der Waals surface area contributed by atoms with Crippen molar-refractivity contribution in [2.45, 2.75) is 64.0 Å². The number of H-pyrrole nitrogens is 1. The third kappa shape index (κ3) is 1.88. The maximum Gasteiger partial charge on any atom is 0.226 e. The van der Waals surface area contributed by atoms with E-state index in [2.05, 4.69) is 33.5 Å². The van der Waals surface area contributed by atoms with E-state index >= 15 is 0 Å². The lowest BCUT2D eigenvalue weighted by atomic mass is 10.0. The lowest BCUT2D eigenvalue weighted by Crippen LogP contribution is -2.40. The third-order valence-corrected chi connectivity index (χ3v) is 4.81. The Morgan fingerprint density at radius 1 is 1.28 bits per heavy atom. The predicted octanol–water partition coefficient (Wildman–Crippen LogP) is 3.43. The Balaban J connectivity index is 1.99. The minimum atomic E-state index is 0.206. The average Bonchev–Trinajstić information content (AvgIpc) is 2.98. The van der Waals surface area contributed by atoms with Crippen LogP contribution in [-0.4, -0.2) is 26.8 Å². The first kappa shape index (κ1) is 12.2. The number of rotatable bonds is 2. The van der Waals surface area contributed by atoms with E-state index in [0.717, 1.165) is 17.3 Å². The van der Waals surface area contributed by atoms with Gasteiger partial charge < -0.3 is 4.90 Å². The van der Waals surface area contributed by atoms with Gasteiger partial charge in [-0.15, -0.1) is 5.10 Å². The van der Waals surface area contributed by atoms with Gasteiger partial charge in [-0.1, -0.05) is 12.8 Å². The van der Waals surface area contributed by atoms with Crippen molar-refractivity contribution < 1.29 is 0 Å². The maximum atomic E-state index is 5.44. The van der Waals surface area contributed by atoms with Gasteiger partial charge in [0.25, 0.3) is 0 Å². The summed E-state index contributed by atoms with van der Waals surface area (Å²) in [6.07, 6.45) is 7.61. The molecule has 1 aromatic rings. The van der Waals surface area contributed by atoms with E-state index in [1.165, 1.54) is 38.5 Å². The molecule has 0 atom stereocenters. The van der Waals surface area contributed by atoms with Gasteiger partial charge in [0.05, 0.1) is 0 Å². The molecule has 1 aliphatic carbocycles. The zero-order chi connectivity index (χ0) is 12.8. The SMILES string of the molecule is CC1(C)CCCN1c1n[nH]c(=S)n1C1CCCC1. The first-order chi connectivity index (χ1) is 8.59. The van der Waals surface area contributed by atoms with Crippen molar-refractivity contribution in [2.24, 2.45) is 0 Å². The van der Waals surface area contributed by atoms with E-state index in [4.69, 9.17) is 12.2 Å². The Morgan fingerprint density at radius 3 is 2.61 bits per heavy atom. The zero-order valence-corrected chi connectivity index (χ0v) is 12.1. The van der Waals surface area contributed by atoms with Crippen molar-refractivity contribution in [3.05, 3.63) is 4.77 Å². The first-order valence-electron chi connectivity index (χ1n) is 7.04. The van der Waals surface area contributed by atoms with Crippen molar-refractivity contribution >= 4 is 18.2 Å². The molecule has 2 fully saturated rings. The van der Waals surface area contributed by atoms with Crippen LogP contribution >= 0.6 is 12.2 Å². The van der Waals surface area contributed by atoms with E-state index in [9.17, 15) is 0 Å².